The molecule has 1 fully saturated rings. The number of carbonyl (C=O) groups is 1. The quantitative estimate of drug-likeness (QED) is 0.810. The van der Waals surface area contributed by atoms with Gasteiger partial charge in [0.1, 0.15) is 0 Å². The molecule has 1 rings (SSSR count). The zero-order valence-corrected chi connectivity index (χ0v) is 14.2. The van der Waals surface area contributed by atoms with E-state index in [0.29, 0.717) is 0 Å². The summed E-state index contributed by atoms with van der Waals surface area (Å²) in [6.45, 7) is 11.5. The van der Waals surface area contributed by atoms with Gasteiger partial charge in [-0.05, 0) is 46.0 Å². The summed E-state index contributed by atoms with van der Waals surface area (Å²) in [7, 11) is 2.10. The van der Waals surface area contributed by atoms with E-state index in [2.05, 4.69) is 17.3 Å². The lowest BCUT2D eigenvalue weighted by molar-refractivity contribution is 0.202. The lowest BCUT2D eigenvalue weighted by Crippen LogP contribution is -2.41. The standard InChI is InChI=1S/C15H25N3O.C2H6/c1-4-6-9-14(8-5-2)16-15(19)18-11-7-10-17(3)12-13-18;1-2/h4-6,8-9H,7,10-13H2,1-3H3,(H,16,19);1-2H3/b6-4-,8-5-,14-9+;. The van der Waals surface area contributed by atoms with Crippen LogP contribution in [0.25, 0.3) is 0 Å². The van der Waals surface area contributed by atoms with Crippen LogP contribution in [-0.4, -0.2) is 49.1 Å². The van der Waals surface area contributed by atoms with Gasteiger partial charge in [-0.1, -0.05) is 32.1 Å². The topological polar surface area (TPSA) is 35.6 Å². The minimum Gasteiger partial charge on any atom is -0.323 e. The zero-order valence-electron chi connectivity index (χ0n) is 14.2. The van der Waals surface area contributed by atoms with Crippen molar-refractivity contribution in [3.05, 3.63) is 36.1 Å². The van der Waals surface area contributed by atoms with Crippen LogP contribution in [0.2, 0.25) is 0 Å². The van der Waals surface area contributed by atoms with Gasteiger partial charge in [-0.3, -0.25) is 0 Å². The molecular formula is C17H31N3O. The molecule has 0 bridgehead atoms. The van der Waals surface area contributed by atoms with Crippen LogP contribution in [-0.2, 0) is 0 Å². The Kier molecular flexibility index (Phi) is 11.3. The Balaban J connectivity index is 0.00000191. The molecule has 0 aliphatic carbocycles. The molecule has 0 radical (unpaired) electrons. The fourth-order valence-electron chi connectivity index (χ4n) is 1.97. The summed E-state index contributed by atoms with van der Waals surface area (Å²) in [4.78, 5) is 16.3. The van der Waals surface area contributed by atoms with Crippen molar-refractivity contribution in [3.63, 3.8) is 0 Å². The molecule has 0 unspecified atom stereocenters. The maximum absolute atomic E-state index is 12.2. The Labute approximate surface area is 130 Å². The number of nitrogens with one attached hydrogen (secondary N) is 1. The van der Waals surface area contributed by atoms with Crippen LogP contribution in [0.4, 0.5) is 4.79 Å². The minimum absolute atomic E-state index is 0.0100. The fourth-order valence-corrected chi connectivity index (χ4v) is 1.97. The Morgan fingerprint density at radius 3 is 2.38 bits per heavy atom. The van der Waals surface area contributed by atoms with Gasteiger partial charge < -0.3 is 15.1 Å². The van der Waals surface area contributed by atoms with Crippen LogP contribution in [0.1, 0.15) is 34.1 Å². The van der Waals surface area contributed by atoms with Gasteiger partial charge in [0.2, 0.25) is 0 Å². The second kappa shape index (κ2) is 12.2. The van der Waals surface area contributed by atoms with Crippen molar-refractivity contribution >= 4 is 6.03 Å². The SMILES string of the molecule is CC.C\C=C/C=C(\C=C/C)NC(=O)N1CCCN(C)CC1. The summed E-state index contributed by atoms with van der Waals surface area (Å²) in [5.74, 6) is 0. The highest BCUT2D eigenvalue weighted by atomic mass is 16.2. The van der Waals surface area contributed by atoms with Crippen LogP contribution in [0.3, 0.4) is 0 Å². The molecule has 0 spiro atoms. The molecule has 0 saturated carbocycles. The molecule has 1 saturated heterocycles. The maximum Gasteiger partial charge on any atom is 0.321 e. The summed E-state index contributed by atoms with van der Waals surface area (Å²) >= 11 is 0. The Hall–Kier alpha value is -1.55. The van der Waals surface area contributed by atoms with Crippen molar-refractivity contribution < 1.29 is 4.79 Å². The number of urea groups is 1. The van der Waals surface area contributed by atoms with Crippen molar-refractivity contribution in [3.8, 4) is 0 Å². The van der Waals surface area contributed by atoms with Crippen LogP contribution in [0, 0.1) is 0 Å². The first-order valence-electron chi connectivity index (χ1n) is 7.87. The van der Waals surface area contributed by atoms with E-state index in [-0.39, 0.29) is 6.03 Å². The number of rotatable bonds is 3. The predicted octanol–water partition coefficient (Wildman–Crippen LogP) is 3.40. The summed E-state index contributed by atoms with van der Waals surface area (Å²) in [6, 6.07) is -0.0100. The number of hydrogen-bond donors (Lipinski definition) is 1. The summed E-state index contributed by atoms with van der Waals surface area (Å²) in [6.07, 6.45) is 10.6. The van der Waals surface area contributed by atoms with Crippen molar-refractivity contribution in [2.45, 2.75) is 34.1 Å². The molecule has 2 amide bonds. The van der Waals surface area contributed by atoms with E-state index in [1.54, 1.807) is 0 Å². The smallest absolute Gasteiger partial charge is 0.321 e. The van der Waals surface area contributed by atoms with E-state index < -0.39 is 0 Å². The van der Waals surface area contributed by atoms with Crippen molar-refractivity contribution in [2.75, 3.05) is 33.2 Å². The van der Waals surface area contributed by atoms with Crippen LogP contribution < -0.4 is 5.32 Å². The van der Waals surface area contributed by atoms with E-state index in [4.69, 9.17) is 0 Å². The predicted molar refractivity (Wildman–Crippen MR) is 91.3 cm³/mol. The molecule has 1 N–H and O–H groups in total. The lowest BCUT2D eigenvalue weighted by Gasteiger charge is -2.21. The highest BCUT2D eigenvalue weighted by Gasteiger charge is 2.17. The van der Waals surface area contributed by atoms with Gasteiger partial charge in [0.25, 0.3) is 0 Å². The molecule has 0 aromatic carbocycles. The van der Waals surface area contributed by atoms with Gasteiger partial charge in [0, 0.05) is 25.3 Å². The average Bonchev–Trinajstić information content (AvgIpc) is 2.72. The Morgan fingerprint density at radius 1 is 1.05 bits per heavy atom. The molecule has 1 heterocycles. The first-order valence-corrected chi connectivity index (χ1v) is 7.87. The number of likely N-dealkylation sites (N-methyl/N-ethyl adjacent to an activating group) is 1. The first kappa shape index (κ1) is 19.4. The summed E-state index contributed by atoms with van der Waals surface area (Å²) in [5.41, 5.74) is 0.822. The summed E-state index contributed by atoms with van der Waals surface area (Å²) < 4.78 is 0. The monoisotopic (exact) mass is 293 g/mol. The van der Waals surface area contributed by atoms with Gasteiger partial charge in [-0.15, -0.1) is 0 Å². The molecule has 1 aliphatic heterocycles. The lowest BCUT2D eigenvalue weighted by atomic mass is 10.3. The number of hydrogen-bond acceptors (Lipinski definition) is 2. The zero-order chi connectivity index (χ0) is 16.1. The van der Waals surface area contributed by atoms with E-state index in [0.717, 1.165) is 38.3 Å². The van der Waals surface area contributed by atoms with Crippen molar-refractivity contribution in [1.29, 1.82) is 0 Å². The third-order valence-corrected chi connectivity index (χ3v) is 3.07. The number of carbonyl (C=O) groups excluding carboxylic acids is 1. The van der Waals surface area contributed by atoms with E-state index in [1.807, 2.05) is 63.0 Å². The van der Waals surface area contributed by atoms with Gasteiger partial charge in [0.15, 0.2) is 0 Å². The third kappa shape index (κ3) is 8.35. The second-order valence-corrected chi connectivity index (χ2v) is 4.72. The highest BCUT2D eigenvalue weighted by molar-refractivity contribution is 5.76. The maximum atomic E-state index is 12.2. The second-order valence-electron chi connectivity index (χ2n) is 4.72. The van der Waals surface area contributed by atoms with Crippen molar-refractivity contribution in [1.82, 2.24) is 15.1 Å². The summed E-state index contributed by atoms with van der Waals surface area (Å²) in [5, 5.41) is 2.96. The van der Waals surface area contributed by atoms with E-state index in [1.165, 1.54) is 0 Å². The van der Waals surface area contributed by atoms with Gasteiger partial charge in [-0.25, -0.2) is 4.79 Å². The number of nitrogens with zero attached hydrogens (tertiary/aromatic N) is 2. The molecule has 1 aliphatic rings. The van der Waals surface area contributed by atoms with Crippen LogP contribution in [0.5, 0.6) is 0 Å². The number of allylic oxidation sites excluding steroid dienone is 5. The molecule has 21 heavy (non-hydrogen) atoms. The molecule has 0 aromatic rings. The molecule has 4 heteroatoms. The van der Waals surface area contributed by atoms with Crippen LogP contribution >= 0.6 is 0 Å². The largest absolute Gasteiger partial charge is 0.323 e. The third-order valence-electron chi connectivity index (χ3n) is 3.07. The number of amides is 2. The van der Waals surface area contributed by atoms with Crippen LogP contribution in [0.15, 0.2) is 36.1 Å². The molecule has 0 aromatic heterocycles. The molecule has 0 atom stereocenters. The van der Waals surface area contributed by atoms with E-state index in [9.17, 15) is 4.79 Å². The molecule has 120 valence electrons. The minimum atomic E-state index is -0.0100. The first-order chi connectivity index (χ1) is 10.2. The average molecular weight is 293 g/mol. The Morgan fingerprint density at radius 2 is 1.76 bits per heavy atom. The van der Waals surface area contributed by atoms with Gasteiger partial charge in [-0.2, -0.15) is 0 Å². The molecular weight excluding hydrogens is 262 g/mol. The van der Waals surface area contributed by atoms with Crippen molar-refractivity contribution in [2.24, 2.45) is 0 Å². The van der Waals surface area contributed by atoms with E-state index >= 15 is 0 Å². The fraction of sp³-hybridized carbons (Fsp3) is 0.588. The molecule has 4 nitrogen and oxygen atoms in total. The normalized spacial score (nSPS) is 17.6. The Bertz CT molecular complexity index is 372. The highest BCUT2D eigenvalue weighted by Crippen LogP contribution is 2.03. The van der Waals surface area contributed by atoms with Gasteiger partial charge in [0.05, 0.1) is 0 Å². The van der Waals surface area contributed by atoms with Gasteiger partial charge >= 0.3 is 6.03 Å².